The number of aryl methyl sites for hydroxylation is 2. The predicted molar refractivity (Wildman–Crippen MR) is 96.3 cm³/mol. The lowest BCUT2D eigenvalue weighted by molar-refractivity contribution is 0.232. The number of nitrogens with one attached hydrogen (secondary N) is 2. The van der Waals surface area contributed by atoms with Gasteiger partial charge in [0.2, 0.25) is 0 Å². The van der Waals surface area contributed by atoms with E-state index in [0.717, 1.165) is 36.6 Å². The second kappa shape index (κ2) is 8.07. The molecule has 1 aliphatic heterocycles. The molecule has 2 amide bonds. The van der Waals surface area contributed by atoms with Crippen LogP contribution in [0.2, 0.25) is 0 Å². The first-order valence-electron chi connectivity index (χ1n) is 8.86. The van der Waals surface area contributed by atoms with Crippen molar-refractivity contribution >= 4 is 6.03 Å². The Hall–Kier alpha value is -2.77. The summed E-state index contributed by atoms with van der Waals surface area (Å²) in [6, 6.07) is 5.29. The summed E-state index contributed by atoms with van der Waals surface area (Å²) in [5.41, 5.74) is 0.937. The molecule has 1 aromatic heterocycles. The zero-order valence-corrected chi connectivity index (χ0v) is 15.4. The molecule has 1 aromatic carbocycles. The standard InChI is InChI=1S/C18H25N5O3/c1-4-26-16-10-13(7-8-15(16)25-3)11-19-18(24)21-14-6-5-9-23-17(14)20-12(2)22-23/h7-8,10,14H,4-6,9,11H2,1-3H3,(H2,19,21,24). The van der Waals surface area contributed by atoms with Crippen LogP contribution in [-0.4, -0.2) is 34.5 Å². The summed E-state index contributed by atoms with van der Waals surface area (Å²) in [6.45, 7) is 5.58. The second-order valence-corrected chi connectivity index (χ2v) is 6.18. The van der Waals surface area contributed by atoms with Crippen LogP contribution in [0.25, 0.3) is 0 Å². The largest absolute Gasteiger partial charge is 0.493 e. The van der Waals surface area contributed by atoms with Gasteiger partial charge < -0.3 is 20.1 Å². The number of nitrogens with zero attached hydrogens (tertiary/aromatic N) is 3. The first-order valence-corrected chi connectivity index (χ1v) is 8.86. The molecule has 0 saturated carbocycles. The summed E-state index contributed by atoms with van der Waals surface area (Å²) >= 11 is 0. The van der Waals surface area contributed by atoms with Gasteiger partial charge in [0, 0.05) is 13.1 Å². The minimum absolute atomic E-state index is 0.111. The van der Waals surface area contributed by atoms with Gasteiger partial charge in [-0.15, -0.1) is 0 Å². The molecule has 0 aliphatic carbocycles. The van der Waals surface area contributed by atoms with Gasteiger partial charge in [0.15, 0.2) is 11.5 Å². The van der Waals surface area contributed by atoms with Crippen molar-refractivity contribution in [2.75, 3.05) is 13.7 Å². The van der Waals surface area contributed by atoms with E-state index in [2.05, 4.69) is 20.7 Å². The van der Waals surface area contributed by atoms with Gasteiger partial charge in [-0.05, 0) is 44.4 Å². The Bertz CT molecular complexity index is 774. The quantitative estimate of drug-likeness (QED) is 0.826. The van der Waals surface area contributed by atoms with Crippen molar-refractivity contribution in [1.29, 1.82) is 0 Å². The molecule has 140 valence electrons. The van der Waals surface area contributed by atoms with E-state index in [-0.39, 0.29) is 12.1 Å². The van der Waals surface area contributed by atoms with Crippen molar-refractivity contribution in [2.45, 2.75) is 45.8 Å². The number of rotatable bonds is 6. The number of fused-ring (bicyclic) bond motifs is 1. The van der Waals surface area contributed by atoms with E-state index < -0.39 is 0 Å². The number of aromatic nitrogens is 3. The highest BCUT2D eigenvalue weighted by Gasteiger charge is 2.24. The first-order chi connectivity index (χ1) is 12.6. The van der Waals surface area contributed by atoms with Crippen molar-refractivity contribution in [3.63, 3.8) is 0 Å². The van der Waals surface area contributed by atoms with Crippen LogP contribution in [0.1, 0.15) is 43.0 Å². The van der Waals surface area contributed by atoms with Crippen LogP contribution in [0.3, 0.4) is 0 Å². The maximum Gasteiger partial charge on any atom is 0.315 e. The molecule has 3 rings (SSSR count). The van der Waals surface area contributed by atoms with E-state index in [9.17, 15) is 4.79 Å². The summed E-state index contributed by atoms with van der Waals surface area (Å²) in [5.74, 6) is 2.91. The lowest BCUT2D eigenvalue weighted by Gasteiger charge is -2.23. The minimum atomic E-state index is -0.224. The SMILES string of the molecule is CCOc1cc(CNC(=O)NC2CCCn3nc(C)nc32)ccc1OC. The zero-order valence-electron chi connectivity index (χ0n) is 15.4. The predicted octanol–water partition coefficient (Wildman–Crippen LogP) is 2.33. The molecule has 0 fully saturated rings. The van der Waals surface area contributed by atoms with Crippen molar-refractivity contribution in [2.24, 2.45) is 0 Å². The summed E-state index contributed by atoms with van der Waals surface area (Å²) in [4.78, 5) is 16.7. The summed E-state index contributed by atoms with van der Waals surface area (Å²) in [7, 11) is 1.61. The fraction of sp³-hybridized carbons (Fsp3) is 0.500. The van der Waals surface area contributed by atoms with Gasteiger partial charge in [0.05, 0.1) is 19.8 Å². The molecule has 2 N–H and O–H groups in total. The number of amides is 2. The molecule has 1 unspecified atom stereocenters. The Labute approximate surface area is 152 Å². The lowest BCUT2D eigenvalue weighted by Crippen LogP contribution is -2.39. The third-order valence-corrected chi connectivity index (χ3v) is 4.27. The van der Waals surface area contributed by atoms with Crippen molar-refractivity contribution in [1.82, 2.24) is 25.4 Å². The molecule has 8 heteroatoms. The number of carbonyl (C=O) groups is 1. The number of methoxy groups -OCH3 is 1. The molecule has 0 bridgehead atoms. The molecule has 0 radical (unpaired) electrons. The Kier molecular flexibility index (Phi) is 5.60. The summed E-state index contributed by atoms with van der Waals surface area (Å²) < 4.78 is 12.7. The molecule has 2 aromatic rings. The fourth-order valence-electron chi connectivity index (χ4n) is 3.10. The number of benzene rings is 1. The molecular weight excluding hydrogens is 334 g/mol. The Morgan fingerprint density at radius 1 is 1.38 bits per heavy atom. The lowest BCUT2D eigenvalue weighted by atomic mass is 10.1. The van der Waals surface area contributed by atoms with Gasteiger partial charge in [-0.1, -0.05) is 6.07 Å². The summed E-state index contributed by atoms with van der Waals surface area (Å²) in [5, 5.41) is 10.2. The fourth-order valence-corrected chi connectivity index (χ4v) is 3.10. The number of carbonyl (C=O) groups excluding carboxylic acids is 1. The third-order valence-electron chi connectivity index (χ3n) is 4.27. The van der Waals surface area contributed by atoms with Crippen molar-refractivity contribution in [3.8, 4) is 11.5 Å². The topological polar surface area (TPSA) is 90.3 Å². The van der Waals surface area contributed by atoms with Crippen LogP contribution in [0.4, 0.5) is 4.79 Å². The van der Waals surface area contributed by atoms with E-state index in [1.165, 1.54) is 0 Å². The number of ether oxygens (including phenoxy) is 2. The van der Waals surface area contributed by atoms with Gasteiger partial charge in [-0.25, -0.2) is 14.5 Å². The normalized spacial score (nSPS) is 15.9. The average Bonchev–Trinajstić information content (AvgIpc) is 3.02. The Balaban J connectivity index is 1.59. The minimum Gasteiger partial charge on any atom is -0.493 e. The van der Waals surface area contributed by atoms with Gasteiger partial charge in [0.1, 0.15) is 11.6 Å². The van der Waals surface area contributed by atoms with Crippen LogP contribution < -0.4 is 20.1 Å². The maximum atomic E-state index is 12.3. The molecule has 0 saturated heterocycles. The van der Waals surface area contributed by atoms with Gasteiger partial charge in [-0.2, -0.15) is 5.10 Å². The smallest absolute Gasteiger partial charge is 0.315 e. The van der Waals surface area contributed by atoms with E-state index in [0.29, 0.717) is 24.7 Å². The number of hydrogen-bond donors (Lipinski definition) is 2. The average molecular weight is 359 g/mol. The second-order valence-electron chi connectivity index (χ2n) is 6.18. The molecule has 1 aliphatic rings. The van der Waals surface area contributed by atoms with Gasteiger partial charge in [0.25, 0.3) is 0 Å². The zero-order chi connectivity index (χ0) is 18.5. The number of urea groups is 1. The van der Waals surface area contributed by atoms with E-state index in [1.807, 2.05) is 36.7 Å². The van der Waals surface area contributed by atoms with Gasteiger partial charge in [-0.3, -0.25) is 0 Å². The highest BCUT2D eigenvalue weighted by Crippen LogP contribution is 2.28. The third kappa shape index (κ3) is 4.07. The molecule has 26 heavy (non-hydrogen) atoms. The maximum absolute atomic E-state index is 12.3. The van der Waals surface area contributed by atoms with Crippen molar-refractivity contribution < 1.29 is 14.3 Å². The summed E-state index contributed by atoms with van der Waals surface area (Å²) in [6.07, 6.45) is 1.83. The first kappa shape index (κ1) is 18.0. The molecular formula is C18H25N5O3. The monoisotopic (exact) mass is 359 g/mol. The van der Waals surface area contributed by atoms with Gasteiger partial charge >= 0.3 is 6.03 Å². The highest BCUT2D eigenvalue weighted by molar-refractivity contribution is 5.74. The van der Waals surface area contributed by atoms with Crippen LogP contribution in [0, 0.1) is 6.92 Å². The van der Waals surface area contributed by atoms with E-state index in [4.69, 9.17) is 9.47 Å². The van der Waals surface area contributed by atoms with E-state index in [1.54, 1.807) is 7.11 Å². The van der Waals surface area contributed by atoms with Crippen LogP contribution in [-0.2, 0) is 13.1 Å². The van der Waals surface area contributed by atoms with Crippen LogP contribution in [0.15, 0.2) is 18.2 Å². The Morgan fingerprint density at radius 3 is 3.00 bits per heavy atom. The van der Waals surface area contributed by atoms with Crippen molar-refractivity contribution in [3.05, 3.63) is 35.4 Å². The molecule has 0 spiro atoms. The van der Waals surface area contributed by atoms with Crippen LogP contribution >= 0.6 is 0 Å². The number of hydrogen-bond acceptors (Lipinski definition) is 5. The Morgan fingerprint density at radius 2 is 2.23 bits per heavy atom. The molecule has 2 heterocycles. The molecule has 1 atom stereocenters. The van der Waals surface area contributed by atoms with Crippen LogP contribution in [0.5, 0.6) is 11.5 Å². The molecule has 8 nitrogen and oxygen atoms in total. The van der Waals surface area contributed by atoms with E-state index >= 15 is 0 Å². The highest BCUT2D eigenvalue weighted by atomic mass is 16.5.